The van der Waals surface area contributed by atoms with E-state index in [1.165, 1.54) is 0 Å². The first-order valence-electron chi connectivity index (χ1n) is 15.2. The number of alkyl halides is 5. The molecule has 0 spiro atoms. The minimum absolute atomic E-state index is 0.0212. The monoisotopic (exact) mass is 684 g/mol. The van der Waals surface area contributed by atoms with Crippen molar-refractivity contribution in [1.29, 1.82) is 0 Å². The lowest BCUT2D eigenvalue weighted by Crippen LogP contribution is -2.45. The van der Waals surface area contributed by atoms with Gasteiger partial charge in [0, 0.05) is 14.7 Å². The predicted molar refractivity (Wildman–Crippen MR) is 169 cm³/mol. The van der Waals surface area contributed by atoms with E-state index >= 15 is 0 Å². The summed E-state index contributed by atoms with van der Waals surface area (Å²) in [5.41, 5.74) is 4.06. The number of hydrogen-bond acceptors (Lipinski definition) is 7. The molecule has 0 amide bonds. The van der Waals surface area contributed by atoms with Crippen LogP contribution in [0.15, 0.2) is 12.1 Å². The van der Waals surface area contributed by atoms with Crippen LogP contribution in [0.4, 0.5) is 22.0 Å². The van der Waals surface area contributed by atoms with Gasteiger partial charge in [-0.15, -0.1) is 0 Å². The Bertz CT molecular complexity index is 1310. The molecule has 0 radical (unpaired) electrons. The van der Waals surface area contributed by atoms with Gasteiger partial charge in [-0.05, 0) is 71.6 Å². The second-order valence-electron chi connectivity index (χ2n) is 14.5. The summed E-state index contributed by atoms with van der Waals surface area (Å²) in [4.78, 5) is 9.44. The SMILES string of the molecule is CC(C)(C)[S@@](=O)N[C@@H](COC(C)(C)C(F)(F)F)c1nc2nc([C@H](NCC(F)(F)CN)C3CC3)ccc2n1COCC[Si](C)(C)C. The molecule has 9 nitrogen and oxygen atoms in total. The molecular formula is C29H49F5N6O3SSi. The number of hydrogen-bond donors (Lipinski definition) is 3. The van der Waals surface area contributed by atoms with E-state index in [0.717, 1.165) is 32.7 Å². The number of fused-ring (bicyclic) bond motifs is 1. The maximum atomic E-state index is 14.0. The fourth-order valence-electron chi connectivity index (χ4n) is 4.26. The van der Waals surface area contributed by atoms with Crippen LogP contribution < -0.4 is 15.8 Å². The molecule has 2 aromatic heterocycles. The minimum Gasteiger partial charge on any atom is -0.364 e. The zero-order valence-corrected chi connectivity index (χ0v) is 29.3. The molecule has 3 atom stereocenters. The van der Waals surface area contributed by atoms with Gasteiger partial charge in [-0.1, -0.05) is 19.6 Å². The Kier molecular flexibility index (Phi) is 12.0. The lowest BCUT2D eigenvalue weighted by Gasteiger charge is -2.31. The molecule has 16 heteroatoms. The highest BCUT2D eigenvalue weighted by Gasteiger charge is 2.49. The van der Waals surface area contributed by atoms with Crippen molar-refractivity contribution in [3.05, 3.63) is 23.7 Å². The average Bonchev–Trinajstić information content (AvgIpc) is 3.68. The molecule has 1 aliphatic carbocycles. The summed E-state index contributed by atoms with van der Waals surface area (Å²) in [5.74, 6) is -2.72. The molecule has 2 aromatic rings. The lowest BCUT2D eigenvalue weighted by molar-refractivity contribution is -0.265. The van der Waals surface area contributed by atoms with Crippen LogP contribution in [0.5, 0.6) is 0 Å². The molecule has 3 rings (SSSR count). The van der Waals surface area contributed by atoms with Gasteiger partial charge in [0.2, 0.25) is 0 Å². The summed E-state index contributed by atoms with van der Waals surface area (Å²) in [6.45, 7) is 12.3. The van der Waals surface area contributed by atoms with E-state index in [0.29, 0.717) is 17.8 Å². The van der Waals surface area contributed by atoms with E-state index in [4.69, 9.17) is 25.2 Å². The molecule has 0 unspecified atom stereocenters. The van der Waals surface area contributed by atoms with E-state index in [1.807, 2.05) is 0 Å². The quantitative estimate of drug-likeness (QED) is 0.109. The number of rotatable bonds is 17. The third-order valence-electron chi connectivity index (χ3n) is 7.58. The number of nitrogens with two attached hydrogens (primary N) is 1. The van der Waals surface area contributed by atoms with Crippen LogP contribution in [0.2, 0.25) is 25.7 Å². The van der Waals surface area contributed by atoms with Crippen LogP contribution in [0.1, 0.15) is 71.1 Å². The third-order valence-corrected chi connectivity index (χ3v) is 10.9. The maximum Gasteiger partial charge on any atom is 0.416 e. The largest absolute Gasteiger partial charge is 0.416 e. The molecule has 258 valence electrons. The highest BCUT2D eigenvalue weighted by molar-refractivity contribution is 7.84. The Morgan fingerprint density at radius 3 is 2.27 bits per heavy atom. The van der Waals surface area contributed by atoms with E-state index in [2.05, 4.69) is 29.7 Å². The normalized spacial score (nSPS) is 17.6. The van der Waals surface area contributed by atoms with Gasteiger partial charge in [-0.25, -0.2) is 27.7 Å². The smallest absolute Gasteiger partial charge is 0.364 e. The highest BCUT2D eigenvalue weighted by atomic mass is 32.2. The second kappa shape index (κ2) is 14.3. The van der Waals surface area contributed by atoms with Crippen LogP contribution in [-0.4, -0.2) is 75.6 Å². The Morgan fingerprint density at radius 2 is 1.73 bits per heavy atom. The van der Waals surface area contributed by atoms with Crippen molar-refractivity contribution < 1.29 is 35.6 Å². The van der Waals surface area contributed by atoms with Gasteiger partial charge < -0.3 is 25.1 Å². The van der Waals surface area contributed by atoms with E-state index in [-0.39, 0.29) is 24.1 Å². The number of pyridine rings is 1. The molecule has 0 bridgehead atoms. The Hall–Kier alpha value is -1.56. The van der Waals surface area contributed by atoms with Crippen LogP contribution in [-0.2, 0) is 27.2 Å². The fraction of sp³-hybridized carbons (Fsp3) is 0.793. The van der Waals surface area contributed by atoms with Crippen LogP contribution in [0, 0.1) is 5.92 Å². The van der Waals surface area contributed by atoms with Gasteiger partial charge in [-0.2, -0.15) is 13.2 Å². The molecular weight excluding hydrogens is 636 g/mol. The standard InChI is InChI=1S/C29H49F5N6O3SSi/c1-26(2,3)44(41)39-21(15-43-27(4,5)29(32,33)34)25-38-24-22(40(25)18-42-13-14-45(6,7)8)12-11-20(37-24)23(19-9-10-19)36-17-28(30,31)16-35/h11-12,19,21,23,36,39H,9-10,13-18,35H2,1-8H3/t21-,23+,44+/m0/s1. The van der Waals surface area contributed by atoms with Crippen molar-refractivity contribution >= 4 is 30.2 Å². The summed E-state index contributed by atoms with van der Waals surface area (Å²) < 4.78 is 97.7. The number of imidazole rings is 1. The van der Waals surface area contributed by atoms with Crippen LogP contribution >= 0.6 is 0 Å². The van der Waals surface area contributed by atoms with E-state index in [1.54, 1.807) is 37.5 Å². The molecule has 2 heterocycles. The Labute approximate surface area is 266 Å². The fourth-order valence-corrected chi connectivity index (χ4v) is 5.81. The van der Waals surface area contributed by atoms with Crippen molar-refractivity contribution in [1.82, 2.24) is 24.6 Å². The van der Waals surface area contributed by atoms with Crippen molar-refractivity contribution in [2.75, 3.05) is 26.3 Å². The molecule has 0 saturated heterocycles. The topological polar surface area (TPSA) is 116 Å². The van der Waals surface area contributed by atoms with Gasteiger partial charge >= 0.3 is 6.18 Å². The molecule has 0 aromatic carbocycles. The van der Waals surface area contributed by atoms with Crippen molar-refractivity contribution in [3.8, 4) is 0 Å². The molecule has 4 N–H and O–H groups in total. The summed E-state index contributed by atoms with van der Waals surface area (Å²) in [5, 5.41) is 2.92. The summed E-state index contributed by atoms with van der Waals surface area (Å²) in [7, 11) is -3.12. The minimum atomic E-state index is -4.65. The van der Waals surface area contributed by atoms with Gasteiger partial charge in [0.25, 0.3) is 5.92 Å². The summed E-state index contributed by atoms with van der Waals surface area (Å²) in [6, 6.07) is 2.89. The summed E-state index contributed by atoms with van der Waals surface area (Å²) in [6.07, 6.45) is -2.94. The zero-order chi connectivity index (χ0) is 34.0. The van der Waals surface area contributed by atoms with Gasteiger partial charge in [0.15, 0.2) is 11.2 Å². The van der Waals surface area contributed by atoms with Crippen molar-refractivity contribution in [2.24, 2.45) is 11.7 Å². The van der Waals surface area contributed by atoms with Gasteiger partial charge in [0.05, 0.1) is 52.7 Å². The number of nitrogens with zero attached hydrogens (tertiary/aromatic N) is 3. The predicted octanol–water partition coefficient (Wildman–Crippen LogP) is 5.83. The number of ether oxygens (including phenoxy) is 2. The molecule has 1 fully saturated rings. The average molecular weight is 685 g/mol. The van der Waals surface area contributed by atoms with E-state index < -0.39 is 73.3 Å². The van der Waals surface area contributed by atoms with Crippen molar-refractivity contribution in [3.63, 3.8) is 0 Å². The molecule has 1 aliphatic rings. The Morgan fingerprint density at radius 1 is 1.09 bits per heavy atom. The maximum absolute atomic E-state index is 14.0. The highest BCUT2D eigenvalue weighted by Crippen LogP contribution is 2.41. The summed E-state index contributed by atoms with van der Waals surface area (Å²) >= 11 is 0. The van der Waals surface area contributed by atoms with E-state index in [9.17, 15) is 26.2 Å². The van der Waals surface area contributed by atoms with Crippen LogP contribution in [0.25, 0.3) is 11.2 Å². The second-order valence-corrected chi connectivity index (χ2v) is 22.1. The molecule has 0 aliphatic heterocycles. The first-order chi connectivity index (χ1) is 20.5. The lowest BCUT2D eigenvalue weighted by atomic mass is 10.1. The van der Waals surface area contributed by atoms with Crippen LogP contribution in [0.3, 0.4) is 0 Å². The van der Waals surface area contributed by atoms with Gasteiger partial charge in [-0.3, -0.25) is 0 Å². The number of halogens is 5. The Balaban J connectivity index is 2.06. The number of nitrogens with one attached hydrogen (secondary N) is 2. The number of aromatic nitrogens is 3. The first kappa shape index (κ1) is 37.9. The third kappa shape index (κ3) is 10.7. The van der Waals surface area contributed by atoms with Crippen molar-refractivity contribution in [2.45, 2.75) is 114 Å². The zero-order valence-electron chi connectivity index (χ0n) is 27.5. The first-order valence-corrected chi connectivity index (χ1v) is 20.1. The molecule has 1 saturated carbocycles. The molecule has 45 heavy (non-hydrogen) atoms. The van der Waals surface area contributed by atoms with Gasteiger partial charge in [0.1, 0.15) is 18.6 Å².